The van der Waals surface area contributed by atoms with E-state index in [-0.39, 0.29) is 0 Å². The number of nitrogens with two attached hydrogens (primary N) is 1. The molecule has 4 heteroatoms. The Morgan fingerprint density at radius 2 is 2.20 bits per heavy atom. The van der Waals surface area contributed by atoms with Crippen LogP contribution in [0.15, 0.2) is 12.3 Å². The Morgan fingerprint density at radius 3 is 2.80 bits per heavy atom. The highest BCUT2D eigenvalue weighted by molar-refractivity contribution is 4.99. The summed E-state index contributed by atoms with van der Waals surface area (Å²) >= 11 is 0. The van der Waals surface area contributed by atoms with Crippen LogP contribution in [-0.2, 0) is 13.6 Å². The first kappa shape index (κ1) is 10.6. The molecule has 0 unspecified atom stereocenters. The Kier molecular flexibility index (Phi) is 3.38. The summed E-state index contributed by atoms with van der Waals surface area (Å²) in [7, 11) is 1.98. The van der Waals surface area contributed by atoms with Gasteiger partial charge in [-0.05, 0) is 31.7 Å². The van der Waals surface area contributed by atoms with E-state index in [1.807, 2.05) is 17.9 Å². The summed E-state index contributed by atoms with van der Waals surface area (Å²) in [6.45, 7) is 0.913. The standard InChI is InChI=1S/C11H20N4/c1-15-11(6-7-14-15)8-13-10-4-2-9(12)3-5-10/h6-7,9-10,13H,2-5,8,12H2,1H3. The summed E-state index contributed by atoms with van der Waals surface area (Å²) in [5, 5.41) is 7.72. The smallest absolute Gasteiger partial charge is 0.0518 e. The highest BCUT2D eigenvalue weighted by Crippen LogP contribution is 2.17. The van der Waals surface area contributed by atoms with Gasteiger partial charge in [0, 0.05) is 31.9 Å². The van der Waals surface area contributed by atoms with E-state index in [0.717, 1.165) is 19.4 Å². The molecule has 1 aliphatic carbocycles. The molecule has 3 N–H and O–H groups in total. The minimum Gasteiger partial charge on any atom is -0.328 e. The summed E-state index contributed by atoms with van der Waals surface area (Å²) < 4.78 is 1.92. The van der Waals surface area contributed by atoms with Gasteiger partial charge in [-0.3, -0.25) is 4.68 Å². The SMILES string of the molecule is Cn1nccc1CNC1CCC(N)CC1. The maximum absolute atomic E-state index is 5.87. The number of rotatable bonds is 3. The van der Waals surface area contributed by atoms with Crippen molar-refractivity contribution >= 4 is 0 Å². The third kappa shape index (κ3) is 2.79. The molecule has 0 spiro atoms. The molecule has 1 aromatic heterocycles. The van der Waals surface area contributed by atoms with Crippen LogP contribution in [0, 0.1) is 0 Å². The van der Waals surface area contributed by atoms with Gasteiger partial charge in [0.1, 0.15) is 0 Å². The van der Waals surface area contributed by atoms with Gasteiger partial charge in [-0.2, -0.15) is 5.10 Å². The second-order valence-electron chi connectivity index (χ2n) is 4.44. The maximum Gasteiger partial charge on any atom is 0.0518 e. The molecule has 1 heterocycles. The van der Waals surface area contributed by atoms with Crippen LogP contribution in [-0.4, -0.2) is 21.9 Å². The maximum atomic E-state index is 5.87. The molecule has 0 amide bonds. The molecule has 84 valence electrons. The Balaban J connectivity index is 1.77. The van der Waals surface area contributed by atoms with Crippen molar-refractivity contribution < 1.29 is 0 Å². The first-order valence-electron chi connectivity index (χ1n) is 5.71. The van der Waals surface area contributed by atoms with Crippen molar-refractivity contribution in [3.05, 3.63) is 18.0 Å². The van der Waals surface area contributed by atoms with E-state index in [4.69, 9.17) is 5.73 Å². The highest BCUT2D eigenvalue weighted by atomic mass is 15.3. The zero-order valence-electron chi connectivity index (χ0n) is 9.32. The number of nitrogens with zero attached hydrogens (tertiary/aromatic N) is 2. The van der Waals surface area contributed by atoms with Crippen LogP contribution in [0.1, 0.15) is 31.4 Å². The lowest BCUT2D eigenvalue weighted by molar-refractivity contribution is 0.339. The van der Waals surface area contributed by atoms with Crippen molar-refractivity contribution in [1.29, 1.82) is 0 Å². The zero-order valence-corrected chi connectivity index (χ0v) is 9.32. The van der Waals surface area contributed by atoms with Gasteiger partial charge in [-0.1, -0.05) is 0 Å². The van der Waals surface area contributed by atoms with Crippen LogP contribution in [0.25, 0.3) is 0 Å². The van der Waals surface area contributed by atoms with E-state index < -0.39 is 0 Å². The Hall–Kier alpha value is -0.870. The third-order valence-electron chi connectivity index (χ3n) is 3.27. The van der Waals surface area contributed by atoms with Gasteiger partial charge in [0.05, 0.1) is 5.69 Å². The van der Waals surface area contributed by atoms with Gasteiger partial charge in [-0.15, -0.1) is 0 Å². The molecule has 0 atom stereocenters. The summed E-state index contributed by atoms with van der Waals surface area (Å²) in [4.78, 5) is 0. The van der Waals surface area contributed by atoms with Gasteiger partial charge >= 0.3 is 0 Å². The van der Waals surface area contributed by atoms with Crippen molar-refractivity contribution in [2.75, 3.05) is 0 Å². The van der Waals surface area contributed by atoms with Gasteiger partial charge < -0.3 is 11.1 Å². The van der Waals surface area contributed by atoms with Crippen molar-refractivity contribution in [3.63, 3.8) is 0 Å². The quantitative estimate of drug-likeness (QED) is 0.772. The molecule has 0 aliphatic heterocycles. The average molecular weight is 208 g/mol. The van der Waals surface area contributed by atoms with E-state index in [1.165, 1.54) is 18.5 Å². The van der Waals surface area contributed by atoms with Gasteiger partial charge in [0.25, 0.3) is 0 Å². The van der Waals surface area contributed by atoms with Crippen LogP contribution in [0.2, 0.25) is 0 Å². The molecular weight excluding hydrogens is 188 g/mol. The molecule has 0 radical (unpaired) electrons. The summed E-state index contributed by atoms with van der Waals surface area (Å²) in [5.74, 6) is 0. The number of hydrogen-bond donors (Lipinski definition) is 2. The Morgan fingerprint density at radius 1 is 1.47 bits per heavy atom. The van der Waals surface area contributed by atoms with Crippen LogP contribution in [0.5, 0.6) is 0 Å². The fraction of sp³-hybridized carbons (Fsp3) is 0.727. The van der Waals surface area contributed by atoms with Crippen molar-refractivity contribution in [2.24, 2.45) is 12.8 Å². The second kappa shape index (κ2) is 4.77. The van der Waals surface area contributed by atoms with Gasteiger partial charge in [0.15, 0.2) is 0 Å². The second-order valence-corrected chi connectivity index (χ2v) is 4.44. The van der Waals surface area contributed by atoms with Crippen LogP contribution in [0.4, 0.5) is 0 Å². The molecule has 0 bridgehead atoms. The van der Waals surface area contributed by atoms with Gasteiger partial charge in [0.2, 0.25) is 0 Å². The summed E-state index contributed by atoms with van der Waals surface area (Å²) in [6.07, 6.45) is 6.57. The fourth-order valence-electron chi connectivity index (χ4n) is 2.15. The first-order chi connectivity index (χ1) is 7.25. The van der Waals surface area contributed by atoms with E-state index in [2.05, 4.69) is 16.5 Å². The van der Waals surface area contributed by atoms with E-state index in [9.17, 15) is 0 Å². The molecule has 0 aromatic carbocycles. The largest absolute Gasteiger partial charge is 0.328 e. The van der Waals surface area contributed by atoms with Gasteiger partial charge in [-0.25, -0.2) is 0 Å². The molecule has 1 fully saturated rings. The van der Waals surface area contributed by atoms with Crippen LogP contribution >= 0.6 is 0 Å². The van der Waals surface area contributed by atoms with E-state index in [1.54, 1.807) is 0 Å². The molecule has 1 aliphatic rings. The van der Waals surface area contributed by atoms with Crippen molar-refractivity contribution in [3.8, 4) is 0 Å². The predicted octanol–water partition coefficient (Wildman–Crippen LogP) is 0.780. The minimum absolute atomic E-state index is 0.430. The normalized spacial score (nSPS) is 26.8. The lowest BCUT2D eigenvalue weighted by Crippen LogP contribution is -2.37. The topological polar surface area (TPSA) is 55.9 Å². The average Bonchev–Trinajstić information content (AvgIpc) is 2.63. The molecule has 0 saturated heterocycles. The van der Waals surface area contributed by atoms with E-state index in [0.29, 0.717) is 12.1 Å². The predicted molar refractivity (Wildman–Crippen MR) is 60.3 cm³/mol. The Labute approximate surface area is 90.8 Å². The van der Waals surface area contributed by atoms with Crippen molar-refractivity contribution in [2.45, 2.75) is 44.3 Å². The number of nitrogens with one attached hydrogen (secondary N) is 1. The molecule has 2 rings (SSSR count). The van der Waals surface area contributed by atoms with Crippen LogP contribution in [0.3, 0.4) is 0 Å². The monoisotopic (exact) mass is 208 g/mol. The first-order valence-corrected chi connectivity index (χ1v) is 5.71. The van der Waals surface area contributed by atoms with Crippen LogP contribution < -0.4 is 11.1 Å². The lowest BCUT2D eigenvalue weighted by Gasteiger charge is -2.26. The molecular formula is C11H20N4. The highest BCUT2D eigenvalue weighted by Gasteiger charge is 2.17. The zero-order chi connectivity index (χ0) is 10.7. The Bertz CT molecular complexity index is 299. The summed E-state index contributed by atoms with van der Waals surface area (Å²) in [6, 6.07) is 3.13. The molecule has 1 saturated carbocycles. The molecule has 15 heavy (non-hydrogen) atoms. The molecule has 1 aromatic rings. The number of hydrogen-bond acceptors (Lipinski definition) is 3. The lowest BCUT2D eigenvalue weighted by atomic mass is 9.92. The number of aromatic nitrogens is 2. The minimum atomic E-state index is 0.430. The fourth-order valence-corrected chi connectivity index (χ4v) is 2.15. The molecule has 4 nitrogen and oxygen atoms in total. The number of aryl methyl sites for hydroxylation is 1. The van der Waals surface area contributed by atoms with E-state index >= 15 is 0 Å². The summed E-state index contributed by atoms with van der Waals surface area (Å²) in [5.41, 5.74) is 7.11. The third-order valence-corrected chi connectivity index (χ3v) is 3.27. The van der Waals surface area contributed by atoms with Crippen molar-refractivity contribution in [1.82, 2.24) is 15.1 Å².